The maximum atomic E-state index is 13.8. The molecule has 1 fully saturated rings. The van der Waals surface area contributed by atoms with Gasteiger partial charge in [0, 0.05) is 31.7 Å². The van der Waals surface area contributed by atoms with Crippen LogP contribution >= 0.6 is 0 Å². The van der Waals surface area contributed by atoms with E-state index in [0.717, 1.165) is 41.3 Å². The fraction of sp³-hybridized carbons (Fsp3) is 0.435. The standard InChI is InChI=1S/C23H24F7N3O4S/c1-31-11-12-32-19(34)33-13-10-20(14-33,38(36,37)18-8-6-17(24)7-9-18)15-2-4-16(5-3-15)21(35,22(25,26)27)23(28,29)30/h2-9,31,35H,10-14H2,1H3,(H,32,34)/t20-/m0/s1. The topological polar surface area (TPSA) is 98.7 Å². The molecule has 1 aliphatic heterocycles. The Kier molecular flexibility index (Phi) is 8.06. The number of carbonyl (C=O) groups excluding carboxylic acids is 1. The second-order valence-corrected chi connectivity index (χ2v) is 11.0. The maximum Gasteiger partial charge on any atom is 0.430 e. The smallest absolute Gasteiger partial charge is 0.369 e. The van der Waals surface area contributed by atoms with Crippen LogP contribution in [-0.2, 0) is 20.2 Å². The Hall–Kier alpha value is -2.91. The summed E-state index contributed by atoms with van der Waals surface area (Å²) < 4.78 is 119. The number of halogens is 7. The molecule has 0 aromatic heterocycles. The van der Waals surface area contributed by atoms with E-state index in [1.807, 2.05) is 0 Å². The monoisotopic (exact) mass is 571 g/mol. The van der Waals surface area contributed by atoms with Gasteiger partial charge in [-0.15, -0.1) is 0 Å². The first kappa shape index (κ1) is 29.6. The van der Waals surface area contributed by atoms with Gasteiger partial charge in [-0.3, -0.25) is 0 Å². The summed E-state index contributed by atoms with van der Waals surface area (Å²) in [7, 11) is -2.83. The number of rotatable bonds is 7. The molecule has 2 aromatic carbocycles. The van der Waals surface area contributed by atoms with Crippen molar-refractivity contribution in [2.45, 2.75) is 34.0 Å². The van der Waals surface area contributed by atoms with E-state index < -0.39 is 56.5 Å². The molecule has 3 N–H and O–H groups in total. The minimum Gasteiger partial charge on any atom is -0.369 e. The van der Waals surface area contributed by atoms with Crippen molar-refractivity contribution < 1.29 is 49.1 Å². The number of nitrogens with one attached hydrogen (secondary N) is 2. The number of aliphatic hydroxyl groups is 1. The Bertz CT molecular complexity index is 1240. The van der Waals surface area contributed by atoms with Crippen molar-refractivity contribution in [3.8, 4) is 0 Å². The Labute approximate surface area is 213 Å². The first-order valence-electron chi connectivity index (χ1n) is 11.2. The highest BCUT2D eigenvalue weighted by atomic mass is 32.2. The molecule has 3 rings (SSSR count). The number of alkyl halides is 6. The molecule has 1 heterocycles. The Morgan fingerprint density at radius 3 is 2.03 bits per heavy atom. The summed E-state index contributed by atoms with van der Waals surface area (Å²) in [6.07, 6.45) is -12.5. The Morgan fingerprint density at radius 1 is 0.974 bits per heavy atom. The van der Waals surface area contributed by atoms with Crippen molar-refractivity contribution >= 4 is 15.9 Å². The molecule has 2 amide bonds. The summed E-state index contributed by atoms with van der Waals surface area (Å²) in [5.74, 6) is -0.738. The molecule has 38 heavy (non-hydrogen) atoms. The molecule has 0 bridgehead atoms. The van der Waals surface area contributed by atoms with Gasteiger partial charge < -0.3 is 20.6 Å². The molecule has 1 aliphatic rings. The van der Waals surface area contributed by atoms with Gasteiger partial charge in [0.25, 0.3) is 5.60 Å². The van der Waals surface area contributed by atoms with Crippen molar-refractivity contribution in [1.82, 2.24) is 15.5 Å². The van der Waals surface area contributed by atoms with E-state index in [4.69, 9.17) is 0 Å². The highest BCUT2D eigenvalue weighted by Crippen LogP contribution is 2.51. The minimum absolute atomic E-state index is 0.109. The van der Waals surface area contributed by atoms with Crippen LogP contribution in [0.3, 0.4) is 0 Å². The summed E-state index contributed by atoms with van der Waals surface area (Å²) in [4.78, 5) is 13.4. The number of sulfone groups is 1. The number of benzene rings is 2. The fourth-order valence-corrected chi connectivity index (χ4v) is 6.39. The molecule has 210 valence electrons. The number of likely N-dealkylation sites (N-methyl/N-ethyl adjacent to an activating group) is 1. The van der Waals surface area contributed by atoms with E-state index in [1.54, 1.807) is 7.05 Å². The largest absolute Gasteiger partial charge is 0.430 e. The third-order valence-corrected chi connectivity index (χ3v) is 8.95. The van der Waals surface area contributed by atoms with Crippen LogP contribution in [0.4, 0.5) is 35.5 Å². The SMILES string of the molecule is CNCCNC(=O)N1CC[C@](c2ccc(C(O)(C(F)(F)F)C(F)(F)F)cc2)(S(=O)(=O)c2ccc(F)cc2)C1. The van der Waals surface area contributed by atoms with E-state index in [2.05, 4.69) is 10.6 Å². The molecule has 1 atom stereocenters. The molecule has 2 aromatic rings. The van der Waals surface area contributed by atoms with Crippen LogP contribution in [0.1, 0.15) is 17.5 Å². The summed E-state index contributed by atoms with van der Waals surface area (Å²) in [6, 6.07) is 5.30. The lowest BCUT2D eigenvalue weighted by molar-refractivity contribution is -0.376. The lowest BCUT2D eigenvalue weighted by Gasteiger charge is -2.34. The van der Waals surface area contributed by atoms with Crippen LogP contribution in [0.25, 0.3) is 0 Å². The normalized spacial score (nSPS) is 19.0. The van der Waals surface area contributed by atoms with Gasteiger partial charge in [-0.2, -0.15) is 26.3 Å². The average Bonchev–Trinajstić information content (AvgIpc) is 3.30. The molecular formula is C23H24F7N3O4S. The first-order valence-corrected chi connectivity index (χ1v) is 12.6. The number of nitrogens with zero attached hydrogens (tertiary/aromatic N) is 1. The minimum atomic E-state index is -6.12. The molecule has 0 spiro atoms. The zero-order chi connectivity index (χ0) is 28.6. The summed E-state index contributed by atoms with van der Waals surface area (Å²) in [6.45, 7) is 0.00987. The third-order valence-electron chi connectivity index (χ3n) is 6.46. The summed E-state index contributed by atoms with van der Waals surface area (Å²) >= 11 is 0. The zero-order valence-electron chi connectivity index (χ0n) is 19.8. The van der Waals surface area contributed by atoms with E-state index in [1.165, 1.54) is 0 Å². The Balaban J connectivity index is 2.11. The van der Waals surface area contributed by atoms with Crippen LogP contribution < -0.4 is 10.6 Å². The number of urea groups is 1. The second kappa shape index (κ2) is 10.3. The van der Waals surface area contributed by atoms with Gasteiger partial charge in [0.05, 0.1) is 4.90 Å². The number of carbonyl (C=O) groups is 1. The molecule has 0 aliphatic carbocycles. The maximum absolute atomic E-state index is 13.8. The molecule has 0 unspecified atom stereocenters. The fourth-order valence-electron chi connectivity index (χ4n) is 4.31. The molecular weight excluding hydrogens is 547 g/mol. The van der Waals surface area contributed by atoms with Crippen molar-refractivity contribution in [2.24, 2.45) is 0 Å². The van der Waals surface area contributed by atoms with Gasteiger partial charge in [0.2, 0.25) is 0 Å². The average molecular weight is 572 g/mol. The third kappa shape index (κ3) is 5.06. The van der Waals surface area contributed by atoms with Crippen molar-refractivity contribution in [3.63, 3.8) is 0 Å². The van der Waals surface area contributed by atoms with Gasteiger partial charge >= 0.3 is 18.4 Å². The van der Waals surface area contributed by atoms with Crippen LogP contribution in [0.15, 0.2) is 53.4 Å². The van der Waals surface area contributed by atoms with E-state index in [9.17, 15) is 49.1 Å². The van der Waals surface area contributed by atoms with Crippen LogP contribution in [0.2, 0.25) is 0 Å². The van der Waals surface area contributed by atoms with Gasteiger partial charge in [-0.05, 0) is 43.3 Å². The van der Waals surface area contributed by atoms with Crippen molar-refractivity contribution in [1.29, 1.82) is 0 Å². The van der Waals surface area contributed by atoms with Crippen LogP contribution in [0, 0.1) is 5.82 Å². The van der Waals surface area contributed by atoms with E-state index in [-0.39, 0.29) is 30.0 Å². The molecule has 7 nitrogen and oxygen atoms in total. The van der Waals surface area contributed by atoms with Crippen molar-refractivity contribution in [3.05, 3.63) is 65.5 Å². The van der Waals surface area contributed by atoms with Gasteiger partial charge in [-0.1, -0.05) is 24.3 Å². The van der Waals surface area contributed by atoms with E-state index in [0.29, 0.717) is 18.7 Å². The van der Waals surface area contributed by atoms with Crippen LogP contribution in [0.5, 0.6) is 0 Å². The lowest BCUT2D eigenvalue weighted by atomic mass is 9.89. The molecule has 15 heteroatoms. The number of likely N-dealkylation sites (tertiary alicyclic amines) is 1. The van der Waals surface area contributed by atoms with E-state index >= 15 is 0 Å². The zero-order valence-corrected chi connectivity index (χ0v) is 20.6. The van der Waals surface area contributed by atoms with Crippen LogP contribution in [-0.4, -0.2) is 70.0 Å². The summed E-state index contributed by atoms with van der Waals surface area (Å²) in [5.41, 5.74) is -6.96. The number of hydrogen-bond donors (Lipinski definition) is 3. The highest BCUT2D eigenvalue weighted by molar-refractivity contribution is 7.92. The number of amides is 2. The first-order chi connectivity index (χ1) is 17.5. The lowest BCUT2D eigenvalue weighted by Crippen LogP contribution is -2.54. The molecule has 1 saturated heterocycles. The van der Waals surface area contributed by atoms with Crippen molar-refractivity contribution in [2.75, 3.05) is 33.2 Å². The number of hydrogen-bond acceptors (Lipinski definition) is 5. The van der Waals surface area contributed by atoms with Gasteiger partial charge in [0.15, 0.2) is 9.84 Å². The van der Waals surface area contributed by atoms with Gasteiger partial charge in [-0.25, -0.2) is 17.6 Å². The molecule has 0 radical (unpaired) electrons. The predicted molar refractivity (Wildman–Crippen MR) is 121 cm³/mol. The highest BCUT2D eigenvalue weighted by Gasteiger charge is 2.71. The quantitative estimate of drug-likeness (QED) is 0.269. The Morgan fingerprint density at radius 2 is 1.53 bits per heavy atom. The summed E-state index contributed by atoms with van der Waals surface area (Å²) in [5, 5.41) is 15.1. The predicted octanol–water partition coefficient (Wildman–Crippen LogP) is 3.44. The second-order valence-electron chi connectivity index (χ2n) is 8.74. The van der Waals surface area contributed by atoms with Gasteiger partial charge in [0.1, 0.15) is 10.6 Å². The molecule has 0 saturated carbocycles.